The lowest BCUT2D eigenvalue weighted by molar-refractivity contribution is 1.51. The van der Waals surface area contributed by atoms with Crippen molar-refractivity contribution < 1.29 is 0 Å². The van der Waals surface area contributed by atoms with Crippen LogP contribution in [0.5, 0.6) is 0 Å². The molecule has 24 rings (SSSR count). The second-order valence-electron chi connectivity index (χ2n) is 34.7. The quantitative estimate of drug-likeness (QED) is 0.105. The minimum absolute atomic E-state index is 0.583. The van der Waals surface area contributed by atoms with Crippen molar-refractivity contribution in [3.63, 3.8) is 0 Å². The Morgan fingerprint density at radius 3 is 0.959 bits per heavy atom. The minimum atomic E-state index is -1.78. The first kappa shape index (κ1) is 74.5. The molecule has 0 N–H and O–H groups in total. The maximum Gasteiger partial charge on any atom is 0.113 e. The van der Waals surface area contributed by atoms with E-state index < -0.39 is 23.7 Å². The first-order chi connectivity index (χ1) is 59.8. The number of rotatable bonds is 8. The number of aryl methyl sites for hydroxylation is 3. The van der Waals surface area contributed by atoms with Crippen LogP contribution in [0.1, 0.15) is 16.7 Å². The Morgan fingerprint density at radius 2 is 0.475 bits per heavy atom. The molecule has 0 nitrogen and oxygen atoms in total. The molecular formula is C119H89PSi2. The average molecular weight is 1610 g/mol. The molecule has 0 spiro atoms. The second kappa shape index (κ2) is 29.9. The van der Waals surface area contributed by atoms with E-state index in [9.17, 15) is 0 Å². The largest absolute Gasteiger partial charge is 0.113 e. The van der Waals surface area contributed by atoms with Crippen LogP contribution in [0.15, 0.2) is 413 Å². The molecule has 22 aromatic rings. The van der Waals surface area contributed by atoms with Crippen molar-refractivity contribution in [2.24, 2.45) is 0 Å². The van der Waals surface area contributed by atoms with Gasteiger partial charge in [0, 0.05) is 10.2 Å². The van der Waals surface area contributed by atoms with Crippen LogP contribution in [0.25, 0.3) is 202 Å². The van der Waals surface area contributed by atoms with Crippen LogP contribution >= 0.6 is 7.53 Å². The summed E-state index contributed by atoms with van der Waals surface area (Å²) in [6.45, 7) is 16.6. The van der Waals surface area contributed by atoms with E-state index in [4.69, 9.17) is 0 Å². The zero-order valence-electron chi connectivity index (χ0n) is 69.7. The van der Waals surface area contributed by atoms with E-state index in [1.54, 1.807) is 20.7 Å². The Morgan fingerprint density at radius 1 is 0.172 bits per heavy atom. The summed E-state index contributed by atoms with van der Waals surface area (Å²) in [6.07, 6.45) is 0. The van der Waals surface area contributed by atoms with Crippen LogP contribution < -0.4 is 20.7 Å². The van der Waals surface area contributed by atoms with E-state index in [-0.39, 0.29) is 0 Å². The highest BCUT2D eigenvalue weighted by atomic mass is 31.1. The Hall–Kier alpha value is -13.8. The number of hydrogen-bond donors (Lipinski definition) is 0. The van der Waals surface area contributed by atoms with Gasteiger partial charge in [0.2, 0.25) is 0 Å². The van der Waals surface area contributed by atoms with Crippen LogP contribution in [0, 0.1) is 20.8 Å². The van der Waals surface area contributed by atoms with Crippen LogP contribution in [0.4, 0.5) is 0 Å². The third-order valence-corrected chi connectivity index (χ3v) is 36.3. The molecule has 0 amide bonds. The zero-order valence-corrected chi connectivity index (χ0v) is 72.6. The maximum atomic E-state index is 2.53. The molecule has 0 fully saturated rings. The van der Waals surface area contributed by atoms with Crippen LogP contribution in [0.3, 0.4) is 0 Å². The summed E-state index contributed by atoms with van der Waals surface area (Å²) in [4.78, 5) is 0. The predicted octanol–water partition coefficient (Wildman–Crippen LogP) is 31.6. The average Bonchev–Trinajstić information content (AvgIpc) is 1.11. The summed E-state index contributed by atoms with van der Waals surface area (Å²) in [5.41, 5.74) is 27.7. The van der Waals surface area contributed by atoms with E-state index in [1.165, 1.54) is 219 Å². The van der Waals surface area contributed by atoms with E-state index in [0.717, 1.165) is 0 Å². The molecule has 2 aliphatic heterocycles. The number of fused-ring (bicyclic) bond motifs is 16. The zero-order chi connectivity index (χ0) is 82.1. The van der Waals surface area contributed by atoms with Crippen LogP contribution in [-0.4, -0.2) is 16.1 Å². The third kappa shape index (κ3) is 12.4. The van der Waals surface area contributed by atoms with Gasteiger partial charge in [-0.15, -0.1) is 0 Å². The van der Waals surface area contributed by atoms with E-state index >= 15 is 0 Å². The molecule has 1 aromatic heterocycles. The lowest BCUT2D eigenvalue weighted by atomic mass is 9.85. The van der Waals surface area contributed by atoms with Gasteiger partial charge < -0.3 is 0 Å². The van der Waals surface area contributed by atoms with E-state index in [1.807, 2.05) is 0 Å². The molecule has 3 heterocycles. The molecule has 0 aliphatic carbocycles. The summed E-state index contributed by atoms with van der Waals surface area (Å²) in [7, 11) is -4.12. The number of hydrogen-bond acceptors (Lipinski definition) is 0. The lowest BCUT2D eigenvalue weighted by Gasteiger charge is -2.21. The Kier molecular flexibility index (Phi) is 18.2. The summed E-state index contributed by atoms with van der Waals surface area (Å²) < 4.78 is 0. The minimum Gasteiger partial charge on any atom is -0.0772 e. The summed E-state index contributed by atoms with van der Waals surface area (Å²) >= 11 is 0. The van der Waals surface area contributed by atoms with Gasteiger partial charge in [-0.25, -0.2) is 0 Å². The third-order valence-electron chi connectivity index (χ3n) is 26.6. The highest BCUT2D eigenvalue weighted by Crippen LogP contribution is 2.57. The van der Waals surface area contributed by atoms with Gasteiger partial charge in [-0.05, 0) is 251 Å². The smallest absolute Gasteiger partial charge is 0.0772 e. The maximum absolute atomic E-state index is 2.53. The highest BCUT2D eigenvalue weighted by molar-refractivity contribution is 7.67. The lowest BCUT2D eigenvalue weighted by Crippen LogP contribution is -2.49. The van der Waals surface area contributed by atoms with Crippen molar-refractivity contribution in [1.82, 2.24) is 0 Å². The van der Waals surface area contributed by atoms with Crippen LogP contribution in [0.2, 0.25) is 26.2 Å². The molecule has 21 aromatic carbocycles. The van der Waals surface area contributed by atoms with Crippen molar-refractivity contribution in [3.05, 3.63) is 429 Å². The molecule has 2 aliphatic rings. The van der Waals surface area contributed by atoms with Gasteiger partial charge in [0.1, 0.15) is 16.1 Å². The molecule has 578 valence electrons. The van der Waals surface area contributed by atoms with E-state index in [2.05, 4.69) is 459 Å². The standard InChI is InChI=1S/C45H31P.C39H30Si.C35H28Si/c1-30-20-26-39-41(28-30)45(34-25-27-43-40(29-34)36-16-10-11-19-42(36)46(43)35-14-6-3-7-15-35)38-18-9-8-17-37(38)44(39)33-23-21-32(22-24-33)31-12-4-2-5-13-31;1-25-16-20-34-35(22-25)39(29-19-21-31-30-12-8-9-15-36(30)40(2,3)37(31)24-29)33-14-7-6-13-32(33)38(34)28-18-17-26-10-4-5-11-27(26)23-28;1-23-17-19-30-31(21-23)35(29-15-8-7-14-28(29)34(30)24-11-5-4-6-12-24)25-18-20-27-26-13-9-10-16-32(26)36(2,3)33(27)22-25/h2-29H,1H3;4-24H,1-3H3;4-22H,1-3H3. The van der Waals surface area contributed by atoms with Crippen molar-refractivity contribution in [2.75, 3.05) is 0 Å². The molecule has 0 saturated heterocycles. The molecule has 1 unspecified atom stereocenters. The molecule has 3 heteroatoms. The topological polar surface area (TPSA) is 0 Å². The molecule has 0 bridgehead atoms. The normalized spacial score (nSPS) is 13.0. The first-order valence-electron chi connectivity index (χ1n) is 42.9. The highest BCUT2D eigenvalue weighted by Gasteiger charge is 2.39. The SMILES string of the molecule is Cc1ccc2c(-c3ccc(-c4ccccc4)cc3)c3ccccc3c(-c3ccc4c(c3)c3ccccc3p4-c3ccccc3)c2c1.Cc1ccc2c(-c3ccc4ccccc4c3)c3ccccc3c(-c3ccc4c(c3)[Si](C)(C)c3ccccc3-4)c2c1.Cc1ccc2c(-c3ccccc3)c3ccccc3c(-c3ccc4c(c3)[Si](C)(C)c3ccccc3-4)c2c1. The van der Waals surface area contributed by atoms with Gasteiger partial charge >= 0.3 is 0 Å². The van der Waals surface area contributed by atoms with Gasteiger partial charge in [0.25, 0.3) is 0 Å². The molecule has 1 atom stereocenters. The molecule has 0 radical (unpaired) electrons. The predicted molar refractivity (Wildman–Crippen MR) is 538 cm³/mol. The van der Waals surface area contributed by atoms with Gasteiger partial charge in [0.05, 0.1) is 0 Å². The molecule has 0 saturated carbocycles. The summed E-state index contributed by atoms with van der Waals surface area (Å²) in [5, 5.41) is 31.6. The number of benzene rings is 21. The Labute approximate surface area is 717 Å². The van der Waals surface area contributed by atoms with E-state index in [0.29, 0.717) is 0 Å². The fourth-order valence-corrected chi connectivity index (χ4v) is 29.7. The molecule has 122 heavy (non-hydrogen) atoms. The van der Waals surface area contributed by atoms with Crippen molar-refractivity contribution in [3.8, 4) is 105 Å². The second-order valence-corrected chi connectivity index (χ2v) is 45.5. The van der Waals surface area contributed by atoms with Gasteiger partial charge in [0.15, 0.2) is 0 Å². The summed E-state index contributed by atoms with van der Waals surface area (Å²) in [6, 6.07) is 154. The first-order valence-corrected chi connectivity index (χ1v) is 50.3. The Bertz CT molecular complexity index is 8010. The monoisotopic (exact) mass is 1600 g/mol. The molecular weight excluding hydrogens is 1520 g/mol. The van der Waals surface area contributed by atoms with Crippen molar-refractivity contribution in [1.29, 1.82) is 0 Å². The van der Waals surface area contributed by atoms with Gasteiger partial charge in [-0.2, -0.15) is 0 Å². The Balaban J connectivity index is 0.000000110. The van der Waals surface area contributed by atoms with Crippen molar-refractivity contribution >= 4 is 141 Å². The van der Waals surface area contributed by atoms with Gasteiger partial charge in [-0.3, -0.25) is 0 Å². The fourth-order valence-electron chi connectivity index (χ4n) is 20.9. The van der Waals surface area contributed by atoms with Crippen LogP contribution in [-0.2, 0) is 0 Å². The van der Waals surface area contributed by atoms with Crippen molar-refractivity contribution in [2.45, 2.75) is 47.0 Å². The van der Waals surface area contributed by atoms with Gasteiger partial charge in [-0.1, -0.05) is 445 Å². The summed E-state index contributed by atoms with van der Waals surface area (Å²) in [5.74, 6) is 0. The fraction of sp³-hybridized carbons (Fsp3) is 0.0588.